The van der Waals surface area contributed by atoms with Gasteiger partial charge in [-0.1, -0.05) is 30.3 Å². The van der Waals surface area contributed by atoms with E-state index in [4.69, 9.17) is 4.74 Å². The summed E-state index contributed by atoms with van der Waals surface area (Å²) in [7, 11) is 3.66. The number of benzene rings is 1. The molecule has 0 radical (unpaired) electrons. The molecule has 1 aliphatic carbocycles. The van der Waals surface area contributed by atoms with Gasteiger partial charge in [-0.3, -0.25) is 4.99 Å². The van der Waals surface area contributed by atoms with Gasteiger partial charge in [0.2, 0.25) is 0 Å². The minimum atomic E-state index is 0. The molecule has 5 heteroatoms. The van der Waals surface area contributed by atoms with Crippen LogP contribution in [0.5, 0.6) is 0 Å². The normalized spacial score (nSPS) is 27.5. The van der Waals surface area contributed by atoms with Gasteiger partial charge in [-0.05, 0) is 18.4 Å². The zero-order valence-electron chi connectivity index (χ0n) is 13.4. The first-order chi connectivity index (χ1) is 10.3. The van der Waals surface area contributed by atoms with Crippen LogP contribution in [0.2, 0.25) is 0 Å². The van der Waals surface area contributed by atoms with E-state index in [2.05, 4.69) is 45.5 Å². The first-order valence-electron chi connectivity index (χ1n) is 7.84. The highest BCUT2D eigenvalue weighted by Crippen LogP contribution is 2.40. The summed E-state index contributed by atoms with van der Waals surface area (Å²) >= 11 is 0. The van der Waals surface area contributed by atoms with Crippen LogP contribution in [0.3, 0.4) is 0 Å². The van der Waals surface area contributed by atoms with Crippen molar-refractivity contribution in [3.63, 3.8) is 0 Å². The Labute approximate surface area is 150 Å². The third-order valence-corrected chi connectivity index (χ3v) is 4.53. The van der Waals surface area contributed by atoms with E-state index < -0.39 is 0 Å². The quantitative estimate of drug-likeness (QED) is 0.467. The van der Waals surface area contributed by atoms with Crippen molar-refractivity contribution in [2.75, 3.05) is 33.9 Å². The van der Waals surface area contributed by atoms with Gasteiger partial charge >= 0.3 is 0 Å². The number of likely N-dealkylation sites (tertiary alicyclic amines) is 1. The summed E-state index contributed by atoms with van der Waals surface area (Å²) in [6, 6.07) is 11.3. The maximum atomic E-state index is 5.27. The third kappa shape index (κ3) is 4.13. The Morgan fingerprint density at radius 2 is 2.14 bits per heavy atom. The van der Waals surface area contributed by atoms with Crippen LogP contribution in [-0.4, -0.2) is 50.8 Å². The van der Waals surface area contributed by atoms with Crippen LogP contribution in [-0.2, 0) is 4.74 Å². The molecule has 1 aliphatic heterocycles. The number of halogens is 1. The van der Waals surface area contributed by atoms with Crippen molar-refractivity contribution in [2.45, 2.75) is 24.8 Å². The molecule has 122 valence electrons. The molecular formula is C17H26IN3O. The molecule has 4 nitrogen and oxygen atoms in total. The van der Waals surface area contributed by atoms with Gasteiger partial charge in [0.1, 0.15) is 0 Å². The second-order valence-electron chi connectivity index (χ2n) is 6.11. The smallest absolute Gasteiger partial charge is 0.193 e. The first-order valence-corrected chi connectivity index (χ1v) is 7.84. The molecule has 0 bridgehead atoms. The van der Waals surface area contributed by atoms with Gasteiger partial charge < -0.3 is 15.0 Å². The maximum absolute atomic E-state index is 5.27. The molecule has 0 aromatic heterocycles. The lowest BCUT2D eigenvalue weighted by molar-refractivity contribution is 0.157. The standard InChI is InChI=1S/C17H25N3O.HI/c1-18-17(20-9-8-13(11-20)12-21-2)19-16-10-15(16)14-6-4-3-5-7-14;/h3-7,13,15-16H,8-12H2,1-2H3,(H,18,19);1H. The van der Waals surface area contributed by atoms with Crippen molar-refractivity contribution in [3.05, 3.63) is 35.9 Å². The van der Waals surface area contributed by atoms with Crippen LogP contribution in [0.4, 0.5) is 0 Å². The van der Waals surface area contributed by atoms with Crippen molar-refractivity contribution >= 4 is 29.9 Å². The molecule has 22 heavy (non-hydrogen) atoms. The lowest BCUT2D eigenvalue weighted by Gasteiger charge is -2.22. The Morgan fingerprint density at radius 3 is 2.82 bits per heavy atom. The minimum absolute atomic E-state index is 0. The highest BCUT2D eigenvalue weighted by atomic mass is 127. The average Bonchev–Trinajstić information content (AvgIpc) is 3.15. The molecule has 1 heterocycles. The number of nitrogens with zero attached hydrogens (tertiary/aromatic N) is 2. The van der Waals surface area contributed by atoms with Crippen molar-refractivity contribution in [1.29, 1.82) is 0 Å². The Bertz CT molecular complexity index is 494. The van der Waals surface area contributed by atoms with Gasteiger partial charge in [-0.15, -0.1) is 24.0 Å². The molecule has 1 aromatic carbocycles. The summed E-state index contributed by atoms with van der Waals surface area (Å²) in [5, 5.41) is 3.63. The number of guanidine groups is 1. The highest BCUT2D eigenvalue weighted by molar-refractivity contribution is 14.0. The highest BCUT2D eigenvalue weighted by Gasteiger charge is 2.40. The number of methoxy groups -OCH3 is 1. The monoisotopic (exact) mass is 415 g/mol. The number of hydrogen-bond donors (Lipinski definition) is 1. The zero-order chi connectivity index (χ0) is 14.7. The predicted molar refractivity (Wildman–Crippen MR) is 101 cm³/mol. The van der Waals surface area contributed by atoms with E-state index in [1.54, 1.807) is 7.11 Å². The molecular weight excluding hydrogens is 389 g/mol. The molecule has 2 aliphatic rings. The van der Waals surface area contributed by atoms with E-state index >= 15 is 0 Å². The Kier molecular flexibility index (Phi) is 6.50. The van der Waals surface area contributed by atoms with Crippen molar-refractivity contribution in [3.8, 4) is 0 Å². The topological polar surface area (TPSA) is 36.9 Å². The Balaban J connectivity index is 0.00000176. The number of hydrogen-bond acceptors (Lipinski definition) is 2. The molecule has 1 aromatic rings. The molecule has 0 spiro atoms. The SMILES string of the molecule is CN=C(NC1CC1c1ccccc1)N1CCC(COC)C1.I. The lowest BCUT2D eigenvalue weighted by atomic mass is 10.1. The molecule has 3 atom stereocenters. The van der Waals surface area contributed by atoms with E-state index in [9.17, 15) is 0 Å². The fourth-order valence-electron chi connectivity index (χ4n) is 3.28. The van der Waals surface area contributed by atoms with E-state index in [1.165, 1.54) is 18.4 Å². The van der Waals surface area contributed by atoms with Crippen LogP contribution in [0.25, 0.3) is 0 Å². The summed E-state index contributed by atoms with van der Waals surface area (Å²) in [4.78, 5) is 6.83. The number of ether oxygens (including phenoxy) is 1. The second kappa shape index (κ2) is 8.15. The Hall–Kier alpha value is -0.820. The fraction of sp³-hybridized carbons (Fsp3) is 0.588. The molecule has 0 amide bonds. The van der Waals surface area contributed by atoms with Gasteiger partial charge in [0.15, 0.2) is 5.96 Å². The summed E-state index contributed by atoms with van der Waals surface area (Å²) in [5.74, 6) is 2.33. The van der Waals surface area contributed by atoms with E-state index in [0.29, 0.717) is 17.9 Å². The van der Waals surface area contributed by atoms with Crippen molar-refractivity contribution in [2.24, 2.45) is 10.9 Å². The van der Waals surface area contributed by atoms with Gasteiger partial charge in [0.05, 0.1) is 6.61 Å². The summed E-state index contributed by atoms with van der Waals surface area (Å²) in [6.45, 7) is 2.98. The number of nitrogens with one attached hydrogen (secondary N) is 1. The molecule has 3 unspecified atom stereocenters. The van der Waals surface area contributed by atoms with Crippen molar-refractivity contribution < 1.29 is 4.74 Å². The first kappa shape index (κ1) is 17.5. The lowest BCUT2D eigenvalue weighted by Crippen LogP contribution is -2.41. The van der Waals surface area contributed by atoms with Gasteiger partial charge in [0.25, 0.3) is 0 Å². The molecule has 1 saturated carbocycles. The van der Waals surface area contributed by atoms with Gasteiger partial charge in [0, 0.05) is 45.1 Å². The molecule has 2 fully saturated rings. The Morgan fingerprint density at radius 1 is 1.36 bits per heavy atom. The van der Waals surface area contributed by atoms with E-state index in [0.717, 1.165) is 25.7 Å². The minimum Gasteiger partial charge on any atom is -0.384 e. The largest absolute Gasteiger partial charge is 0.384 e. The number of aliphatic imine (C=N–C) groups is 1. The fourth-order valence-corrected chi connectivity index (χ4v) is 3.28. The summed E-state index contributed by atoms with van der Waals surface area (Å²) < 4.78 is 5.27. The van der Waals surface area contributed by atoms with E-state index in [1.807, 2.05) is 7.05 Å². The van der Waals surface area contributed by atoms with E-state index in [-0.39, 0.29) is 24.0 Å². The molecule has 1 saturated heterocycles. The average molecular weight is 415 g/mol. The van der Waals surface area contributed by atoms with Crippen molar-refractivity contribution in [1.82, 2.24) is 10.2 Å². The van der Waals surface area contributed by atoms with Crippen LogP contribution in [0.1, 0.15) is 24.3 Å². The van der Waals surface area contributed by atoms with Crippen LogP contribution in [0, 0.1) is 5.92 Å². The van der Waals surface area contributed by atoms with Crippen LogP contribution >= 0.6 is 24.0 Å². The van der Waals surface area contributed by atoms with Crippen LogP contribution < -0.4 is 5.32 Å². The molecule has 3 rings (SSSR count). The molecule has 1 N–H and O–H groups in total. The maximum Gasteiger partial charge on any atom is 0.193 e. The second-order valence-corrected chi connectivity index (χ2v) is 6.11. The summed E-state index contributed by atoms with van der Waals surface area (Å²) in [5.41, 5.74) is 1.43. The predicted octanol–water partition coefficient (Wildman–Crippen LogP) is 2.70. The van der Waals surface area contributed by atoms with Gasteiger partial charge in [-0.2, -0.15) is 0 Å². The van der Waals surface area contributed by atoms with Gasteiger partial charge in [-0.25, -0.2) is 0 Å². The zero-order valence-corrected chi connectivity index (χ0v) is 15.7. The number of rotatable bonds is 4. The third-order valence-electron chi connectivity index (χ3n) is 4.53. The van der Waals surface area contributed by atoms with Crippen LogP contribution in [0.15, 0.2) is 35.3 Å². The summed E-state index contributed by atoms with van der Waals surface area (Å²) in [6.07, 6.45) is 2.40.